The van der Waals surface area contributed by atoms with Crippen molar-refractivity contribution < 1.29 is 18.7 Å². The molecule has 0 unspecified atom stereocenters. The van der Waals surface area contributed by atoms with Crippen LogP contribution in [0.25, 0.3) is 0 Å². The molecule has 1 aromatic rings. The lowest BCUT2D eigenvalue weighted by Crippen LogP contribution is -2.46. The molecule has 6 nitrogen and oxygen atoms in total. The fourth-order valence-electron chi connectivity index (χ4n) is 4.10. The Bertz CT molecular complexity index is 722. The summed E-state index contributed by atoms with van der Waals surface area (Å²) in [6.45, 7) is 2.08. The number of fused-ring (bicyclic) bond motifs is 3. The van der Waals surface area contributed by atoms with Crippen molar-refractivity contribution in [3.05, 3.63) is 29.6 Å². The maximum atomic E-state index is 13.7. The summed E-state index contributed by atoms with van der Waals surface area (Å²) >= 11 is 0. The van der Waals surface area contributed by atoms with Crippen LogP contribution in [0.3, 0.4) is 0 Å². The van der Waals surface area contributed by atoms with E-state index in [9.17, 15) is 14.0 Å². The third-order valence-electron chi connectivity index (χ3n) is 5.72. The Morgan fingerprint density at radius 2 is 1.93 bits per heavy atom. The van der Waals surface area contributed by atoms with Gasteiger partial charge in [0.2, 0.25) is 5.91 Å². The molecule has 1 saturated heterocycles. The number of ether oxygens (including phenoxy) is 1. The Labute approximate surface area is 158 Å². The monoisotopic (exact) mass is 375 g/mol. The van der Waals surface area contributed by atoms with Gasteiger partial charge in [-0.3, -0.25) is 14.5 Å². The molecule has 7 heteroatoms. The number of hydrogen-bond donors (Lipinski definition) is 2. The van der Waals surface area contributed by atoms with Crippen LogP contribution in [0.5, 0.6) is 5.75 Å². The van der Waals surface area contributed by atoms with Crippen LogP contribution < -0.4 is 15.4 Å². The van der Waals surface area contributed by atoms with Gasteiger partial charge >= 0.3 is 0 Å². The fourth-order valence-corrected chi connectivity index (χ4v) is 4.10. The average molecular weight is 375 g/mol. The first-order chi connectivity index (χ1) is 13.1. The summed E-state index contributed by atoms with van der Waals surface area (Å²) < 4.78 is 19.3. The Balaban J connectivity index is 1.54. The summed E-state index contributed by atoms with van der Waals surface area (Å²) in [6, 6.07) is 4.37. The molecular weight excluding hydrogens is 349 g/mol. The van der Waals surface area contributed by atoms with E-state index in [1.165, 1.54) is 31.0 Å². The van der Waals surface area contributed by atoms with Gasteiger partial charge in [0.15, 0.2) is 0 Å². The molecule has 3 aliphatic rings. The van der Waals surface area contributed by atoms with Gasteiger partial charge in [-0.2, -0.15) is 0 Å². The number of halogens is 1. The first-order valence-corrected chi connectivity index (χ1v) is 9.83. The van der Waals surface area contributed by atoms with Crippen LogP contribution in [-0.2, 0) is 4.79 Å². The standard InChI is InChI=1S/C20H26FN3O3/c21-14-3-6-18-17(9-14)20(26)23-11-16-5-4-15(24(16)12-13-1-2-13)10-19(25)22-7-8-27-18/h3,6,9,13,15-16H,1-2,4-5,7-8,10-12H2,(H,22,25)(H,23,26)/t15-,16+/m0/s1. The van der Waals surface area contributed by atoms with Gasteiger partial charge in [-0.25, -0.2) is 4.39 Å². The number of carbonyl (C=O) groups is 2. The molecule has 2 heterocycles. The molecule has 2 fully saturated rings. The number of nitrogens with zero attached hydrogens (tertiary/aromatic N) is 1. The highest BCUT2D eigenvalue weighted by Gasteiger charge is 2.38. The zero-order valence-corrected chi connectivity index (χ0v) is 15.4. The van der Waals surface area contributed by atoms with E-state index < -0.39 is 5.82 Å². The highest BCUT2D eigenvalue weighted by molar-refractivity contribution is 5.97. The minimum absolute atomic E-state index is 0.0328. The number of hydrogen-bond acceptors (Lipinski definition) is 4. The lowest BCUT2D eigenvalue weighted by atomic mass is 10.1. The van der Waals surface area contributed by atoms with Crippen LogP contribution in [-0.4, -0.2) is 55.0 Å². The largest absolute Gasteiger partial charge is 0.491 e. The number of nitrogens with one attached hydrogen (secondary N) is 2. The van der Waals surface area contributed by atoms with Crippen molar-refractivity contribution in [2.75, 3.05) is 26.2 Å². The molecule has 2 bridgehead atoms. The number of amides is 2. The average Bonchev–Trinajstić information content (AvgIpc) is 3.39. The van der Waals surface area contributed by atoms with E-state index in [-0.39, 0.29) is 36.1 Å². The van der Waals surface area contributed by atoms with Crippen LogP contribution in [0.1, 0.15) is 42.5 Å². The maximum Gasteiger partial charge on any atom is 0.255 e. The summed E-state index contributed by atoms with van der Waals surface area (Å²) in [5.74, 6) is 0.289. The van der Waals surface area contributed by atoms with Crippen LogP contribution in [0.15, 0.2) is 18.2 Å². The number of rotatable bonds is 2. The van der Waals surface area contributed by atoms with Gasteiger partial charge in [0.25, 0.3) is 5.91 Å². The molecule has 1 saturated carbocycles. The number of benzene rings is 1. The molecule has 0 aromatic heterocycles. The molecular formula is C20H26FN3O3. The molecule has 0 radical (unpaired) electrons. The van der Waals surface area contributed by atoms with Crippen LogP contribution in [0.2, 0.25) is 0 Å². The second-order valence-electron chi connectivity index (χ2n) is 7.78. The van der Waals surface area contributed by atoms with Crippen molar-refractivity contribution in [3.63, 3.8) is 0 Å². The topological polar surface area (TPSA) is 70.7 Å². The highest BCUT2D eigenvalue weighted by Crippen LogP contribution is 2.35. The van der Waals surface area contributed by atoms with Gasteiger partial charge in [0.1, 0.15) is 18.2 Å². The molecule has 27 heavy (non-hydrogen) atoms. The first kappa shape index (κ1) is 18.2. The predicted molar refractivity (Wildman–Crippen MR) is 98.1 cm³/mol. The number of carbonyl (C=O) groups excluding carboxylic acids is 2. The van der Waals surface area contributed by atoms with Crippen LogP contribution >= 0.6 is 0 Å². The summed E-state index contributed by atoms with van der Waals surface area (Å²) in [7, 11) is 0. The fraction of sp³-hybridized carbons (Fsp3) is 0.600. The van der Waals surface area contributed by atoms with E-state index in [0.29, 0.717) is 31.2 Å². The first-order valence-electron chi connectivity index (χ1n) is 9.83. The van der Waals surface area contributed by atoms with Crippen molar-refractivity contribution in [1.82, 2.24) is 15.5 Å². The molecule has 0 spiro atoms. The molecule has 4 rings (SSSR count). The van der Waals surface area contributed by atoms with Crippen molar-refractivity contribution in [3.8, 4) is 5.75 Å². The minimum Gasteiger partial charge on any atom is -0.491 e. The predicted octanol–water partition coefficient (Wildman–Crippen LogP) is 1.70. The van der Waals surface area contributed by atoms with E-state index in [1.54, 1.807) is 0 Å². The van der Waals surface area contributed by atoms with E-state index in [1.807, 2.05) is 0 Å². The molecule has 146 valence electrons. The van der Waals surface area contributed by atoms with Crippen molar-refractivity contribution >= 4 is 11.8 Å². The quantitative estimate of drug-likeness (QED) is 0.825. The summed E-state index contributed by atoms with van der Waals surface area (Å²) in [4.78, 5) is 27.4. The second-order valence-corrected chi connectivity index (χ2v) is 7.78. The van der Waals surface area contributed by atoms with E-state index in [0.717, 1.165) is 19.4 Å². The smallest absolute Gasteiger partial charge is 0.255 e. The maximum absolute atomic E-state index is 13.7. The second kappa shape index (κ2) is 7.84. The third kappa shape index (κ3) is 4.40. The third-order valence-corrected chi connectivity index (χ3v) is 5.72. The zero-order valence-electron chi connectivity index (χ0n) is 15.4. The Hall–Kier alpha value is -2.15. The van der Waals surface area contributed by atoms with E-state index >= 15 is 0 Å². The van der Waals surface area contributed by atoms with Gasteiger partial charge in [-0.05, 0) is 49.8 Å². The normalized spacial score (nSPS) is 27.1. The Morgan fingerprint density at radius 3 is 2.74 bits per heavy atom. The van der Waals surface area contributed by atoms with Crippen molar-refractivity contribution in [2.24, 2.45) is 5.92 Å². The lowest BCUT2D eigenvalue weighted by Gasteiger charge is -2.30. The van der Waals surface area contributed by atoms with Gasteiger partial charge < -0.3 is 15.4 Å². The SMILES string of the molecule is O=C1C[C@@H]2CC[C@H](CNC(=O)c3cc(F)ccc3OCCN1)N2CC1CC1. The Kier molecular flexibility index (Phi) is 5.29. The molecule has 1 aliphatic carbocycles. The summed E-state index contributed by atoms with van der Waals surface area (Å²) in [6.07, 6.45) is 4.90. The summed E-state index contributed by atoms with van der Waals surface area (Å²) in [5.41, 5.74) is 0.196. The summed E-state index contributed by atoms with van der Waals surface area (Å²) in [5, 5.41) is 5.85. The van der Waals surface area contributed by atoms with Crippen LogP contribution in [0, 0.1) is 11.7 Å². The van der Waals surface area contributed by atoms with Crippen LogP contribution in [0.4, 0.5) is 4.39 Å². The molecule has 2 atom stereocenters. The zero-order chi connectivity index (χ0) is 18.8. The molecule has 1 aromatic carbocycles. The van der Waals surface area contributed by atoms with Gasteiger partial charge in [-0.15, -0.1) is 0 Å². The minimum atomic E-state index is -0.474. The van der Waals surface area contributed by atoms with E-state index in [2.05, 4.69) is 15.5 Å². The molecule has 2 amide bonds. The van der Waals surface area contributed by atoms with E-state index in [4.69, 9.17) is 4.74 Å². The van der Waals surface area contributed by atoms with Gasteiger partial charge in [0.05, 0.1) is 12.1 Å². The lowest BCUT2D eigenvalue weighted by molar-refractivity contribution is -0.122. The highest BCUT2D eigenvalue weighted by atomic mass is 19.1. The van der Waals surface area contributed by atoms with Gasteiger partial charge in [-0.1, -0.05) is 0 Å². The van der Waals surface area contributed by atoms with Crippen molar-refractivity contribution in [2.45, 2.75) is 44.2 Å². The van der Waals surface area contributed by atoms with Gasteiger partial charge in [0, 0.05) is 31.6 Å². The molecule has 2 aliphatic heterocycles. The molecule has 2 N–H and O–H groups in total. The Morgan fingerprint density at radius 1 is 1.11 bits per heavy atom. The van der Waals surface area contributed by atoms with Crippen molar-refractivity contribution in [1.29, 1.82) is 0 Å².